The molecule has 6 nitrogen and oxygen atoms in total. The Balaban J connectivity index is 1.43. The van der Waals surface area contributed by atoms with Crippen molar-refractivity contribution < 1.29 is 9.53 Å². The lowest BCUT2D eigenvalue weighted by Crippen LogP contribution is -2.36. The van der Waals surface area contributed by atoms with E-state index in [9.17, 15) is 4.79 Å². The van der Waals surface area contributed by atoms with Crippen molar-refractivity contribution in [2.24, 2.45) is 0 Å². The van der Waals surface area contributed by atoms with Crippen molar-refractivity contribution >= 4 is 22.4 Å². The first-order chi connectivity index (χ1) is 18.2. The van der Waals surface area contributed by atoms with Crippen molar-refractivity contribution in [3.63, 3.8) is 0 Å². The van der Waals surface area contributed by atoms with Gasteiger partial charge in [0.2, 0.25) is 0 Å². The standard InChI is InChI=1S/C31H30N4O2/c1-23-9-11-24(12-10-23)18-35-22-32-17-27(35)20-34-19-26(21-36)30(33-13-15-37-16-14-33)31(34)29-8-4-6-25-5-2-3-7-28(25)29/h2-12,17,22H,13-16,18-20H2,1H3. The van der Waals surface area contributed by atoms with Crippen LogP contribution in [0.25, 0.3) is 16.5 Å². The molecule has 0 aliphatic carbocycles. The SMILES string of the molecule is Cc1ccc(Cn2cncc2CN2CC(=C=O)C(N3CCOCC3)=C2c2cccc3ccccc23)cc1. The number of benzene rings is 3. The van der Waals surface area contributed by atoms with Gasteiger partial charge in [-0.15, -0.1) is 0 Å². The Bertz CT molecular complexity index is 1500. The largest absolute Gasteiger partial charge is 0.378 e. The van der Waals surface area contributed by atoms with E-state index < -0.39 is 0 Å². The third-order valence-electron chi connectivity index (χ3n) is 7.30. The molecule has 37 heavy (non-hydrogen) atoms. The Morgan fingerprint density at radius 2 is 1.70 bits per heavy atom. The molecule has 0 unspecified atom stereocenters. The average Bonchev–Trinajstić information content (AvgIpc) is 3.54. The number of carbonyl (C=O) groups excluding carboxylic acids is 1. The quantitative estimate of drug-likeness (QED) is 0.368. The minimum Gasteiger partial charge on any atom is -0.378 e. The van der Waals surface area contributed by atoms with Crippen LogP contribution >= 0.6 is 0 Å². The first kappa shape index (κ1) is 23.3. The van der Waals surface area contributed by atoms with Crippen LogP contribution in [0, 0.1) is 6.92 Å². The second kappa shape index (κ2) is 10.1. The summed E-state index contributed by atoms with van der Waals surface area (Å²) in [5, 5.41) is 2.36. The summed E-state index contributed by atoms with van der Waals surface area (Å²) in [6, 6.07) is 23.5. The number of rotatable bonds is 6. The Labute approximate surface area is 217 Å². The molecule has 0 spiro atoms. The Morgan fingerprint density at radius 1 is 0.919 bits per heavy atom. The maximum absolute atomic E-state index is 12.3. The molecular weight excluding hydrogens is 460 g/mol. The van der Waals surface area contributed by atoms with Gasteiger partial charge in [0, 0.05) is 31.4 Å². The highest BCUT2D eigenvalue weighted by molar-refractivity contribution is 5.96. The van der Waals surface area contributed by atoms with Gasteiger partial charge in [-0.05, 0) is 23.3 Å². The number of hydrogen-bond donors (Lipinski definition) is 0. The molecule has 1 fully saturated rings. The zero-order valence-electron chi connectivity index (χ0n) is 21.1. The predicted molar refractivity (Wildman–Crippen MR) is 145 cm³/mol. The van der Waals surface area contributed by atoms with Gasteiger partial charge in [-0.3, -0.25) is 0 Å². The Kier molecular flexibility index (Phi) is 6.35. The van der Waals surface area contributed by atoms with Gasteiger partial charge in [-0.2, -0.15) is 0 Å². The molecule has 0 saturated carbocycles. The summed E-state index contributed by atoms with van der Waals surface area (Å²) >= 11 is 0. The Morgan fingerprint density at radius 3 is 2.51 bits per heavy atom. The second-order valence-corrected chi connectivity index (χ2v) is 9.76. The van der Waals surface area contributed by atoms with Crippen molar-refractivity contribution in [3.8, 4) is 0 Å². The van der Waals surface area contributed by atoms with E-state index in [1.54, 1.807) is 0 Å². The molecule has 0 amide bonds. The summed E-state index contributed by atoms with van der Waals surface area (Å²) in [4.78, 5) is 21.4. The maximum Gasteiger partial charge on any atom is 0.132 e. The molecular formula is C31H30N4O2. The summed E-state index contributed by atoms with van der Waals surface area (Å²) < 4.78 is 7.83. The first-order valence-electron chi connectivity index (χ1n) is 12.8. The van der Waals surface area contributed by atoms with Crippen LogP contribution in [0.2, 0.25) is 0 Å². The lowest BCUT2D eigenvalue weighted by atomic mass is 10.00. The first-order valence-corrected chi connectivity index (χ1v) is 12.8. The van der Waals surface area contributed by atoms with Gasteiger partial charge in [-0.1, -0.05) is 72.3 Å². The zero-order chi connectivity index (χ0) is 25.2. The molecule has 3 heterocycles. The lowest BCUT2D eigenvalue weighted by Gasteiger charge is -2.31. The minimum atomic E-state index is 0.518. The Hall–Kier alpha value is -4.12. The highest BCUT2D eigenvalue weighted by Crippen LogP contribution is 2.39. The van der Waals surface area contributed by atoms with Gasteiger partial charge in [0.05, 0.1) is 55.3 Å². The summed E-state index contributed by atoms with van der Waals surface area (Å²) in [6.07, 6.45) is 3.83. The monoisotopic (exact) mass is 490 g/mol. The van der Waals surface area contributed by atoms with Gasteiger partial charge in [-0.25, -0.2) is 9.78 Å². The smallest absolute Gasteiger partial charge is 0.132 e. The number of nitrogens with zero attached hydrogens (tertiary/aromatic N) is 4. The van der Waals surface area contributed by atoms with Gasteiger partial charge >= 0.3 is 0 Å². The van der Waals surface area contributed by atoms with E-state index in [2.05, 4.69) is 98.9 Å². The van der Waals surface area contributed by atoms with E-state index in [0.717, 1.165) is 42.3 Å². The van der Waals surface area contributed by atoms with E-state index in [1.165, 1.54) is 21.9 Å². The molecule has 6 heteroatoms. The topological polar surface area (TPSA) is 50.6 Å². The predicted octanol–water partition coefficient (Wildman–Crippen LogP) is 4.67. The molecule has 0 atom stereocenters. The normalized spacial score (nSPS) is 16.1. The fourth-order valence-corrected chi connectivity index (χ4v) is 5.42. The van der Waals surface area contributed by atoms with Crippen molar-refractivity contribution in [1.29, 1.82) is 0 Å². The van der Waals surface area contributed by atoms with E-state index >= 15 is 0 Å². The highest BCUT2D eigenvalue weighted by atomic mass is 16.5. The van der Waals surface area contributed by atoms with E-state index in [0.29, 0.717) is 31.9 Å². The summed E-state index contributed by atoms with van der Waals surface area (Å²) in [7, 11) is 0. The van der Waals surface area contributed by atoms with Crippen LogP contribution in [0.4, 0.5) is 0 Å². The van der Waals surface area contributed by atoms with Gasteiger partial charge in [0.1, 0.15) is 5.94 Å². The van der Waals surface area contributed by atoms with Gasteiger partial charge in [0.15, 0.2) is 0 Å². The third-order valence-corrected chi connectivity index (χ3v) is 7.30. The number of morpholine rings is 1. The fraction of sp³-hybridized carbons (Fsp3) is 0.258. The second-order valence-electron chi connectivity index (χ2n) is 9.76. The third kappa shape index (κ3) is 4.57. The lowest BCUT2D eigenvalue weighted by molar-refractivity contribution is 0.0553. The molecule has 0 radical (unpaired) electrons. The number of imidazole rings is 1. The fourth-order valence-electron chi connectivity index (χ4n) is 5.42. The van der Waals surface area contributed by atoms with E-state index in [1.807, 2.05) is 12.5 Å². The van der Waals surface area contributed by atoms with Crippen LogP contribution < -0.4 is 0 Å². The van der Waals surface area contributed by atoms with Crippen LogP contribution in [0.1, 0.15) is 22.4 Å². The van der Waals surface area contributed by atoms with E-state index in [-0.39, 0.29) is 0 Å². The summed E-state index contributed by atoms with van der Waals surface area (Å²) in [5.74, 6) is 2.29. The van der Waals surface area contributed by atoms with Crippen molar-refractivity contribution in [2.45, 2.75) is 20.0 Å². The zero-order valence-corrected chi connectivity index (χ0v) is 21.1. The van der Waals surface area contributed by atoms with Crippen molar-refractivity contribution in [2.75, 3.05) is 32.8 Å². The van der Waals surface area contributed by atoms with Gasteiger partial charge < -0.3 is 19.1 Å². The van der Waals surface area contributed by atoms with E-state index in [4.69, 9.17) is 4.74 Å². The van der Waals surface area contributed by atoms with Crippen LogP contribution in [0.15, 0.2) is 90.5 Å². The van der Waals surface area contributed by atoms with Crippen molar-refractivity contribution in [3.05, 3.63) is 113 Å². The molecule has 1 aromatic heterocycles. The van der Waals surface area contributed by atoms with Crippen LogP contribution in [0.3, 0.4) is 0 Å². The highest BCUT2D eigenvalue weighted by Gasteiger charge is 2.34. The molecule has 0 N–H and O–H groups in total. The molecule has 2 aliphatic heterocycles. The van der Waals surface area contributed by atoms with Crippen LogP contribution in [-0.4, -0.2) is 58.1 Å². The number of fused-ring (bicyclic) bond motifs is 1. The molecule has 3 aromatic carbocycles. The average molecular weight is 491 g/mol. The molecule has 1 saturated heterocycles. The molecule has 6 rings (SSSR count). The summed E-state index contributed by atoms with van der Waals surface area (Å²) in [5.41, 5.74) is 7.49. The number of hydrogen-bond acceptors (Lipinski definition) is 5. The summed E-state index contributed by atoms with van der Waals surface area (Å²) in [6.45, 7) is 6.84. The molecule has 4 aromatic rings. The number of aromatic nitrogens is 2. The molecule has 0 bridgehead atoms. The molecule has 186 valence electrons. The van der Waals surface area contributed by atoms with Crippen molar-refractivity contribution in [1.82, 2.24) is 19.4 Å². The molecule has 2 aliphatic rings. The number of aryl methyl sites for hydroxylation is 1. The van der Waals surface area contributed by atoms with Crippen LogP contribution in [0.5, 0.6) is 0 Å². The number of ether oxygens (including phenoxy) is 1. The van der Waals surface area contributed by atoms with Gasteiger partial charge in [0.25, 0.3) is 0 Å². The van der Waals surface area contributed by atoms with Crippen LogP contribution in [-0.2, 0) is 22.6 Å². The minimum absolute atomic E-state index is 0.518. The maximum atomic E-state index is 12.3.